The highest BCUT2D eigenvalue weighted by Crippen LogP contribution is 2.63. The average molecular weight is 724 g/mol. The average Bonchev–Trinajstić information content (AvgIpc) is 3.99. The van der Waals surface area contributed by atoms with E-state index >= 15 is 0 Å². The highest BCUT2D eigenvalue weighted by molar-refractivity contribution is 6.16. The summed E-state index contributed by atoms with van der Waals surface area (Å²) in [6, 6.07) is 71.4. The Bertz CT molecular complexity index is 3350. The van der Waals surface area contributed by atoms with Crippen LogP contribution < -0.4 is 0 Å². The van der Waals surface area contributed by atoms with Crippen molar-refractivity contribution in [2.75, 3.05) is 0 Å². The number of para-hydroxylation sites is 3. The van der Waals surface area contributed by atoms with Crippen LogP contribution in [0.3, 0.4) is 0 Å². The predicted molar refractivity (Wildman–Crippen MR) is 235 cm³/mol. The molecule has 0 amide bonds. The number of benzene rings is 8. The van der Waals surface area contributed by atoms with Crippen LogP contribution in [0.2, 0.25) is 0 Å². The summed E-state index contributed by atoms with van der Waals surface area (Å²) in [7, 11) is 0. The van der Waals surface area contributed by atoms with Crippen LogP contribution in [0.1, 0.15) is 22.4 Å². The highest BCUT2D eigenvalue weighted by atomic mass is 15.0. The maximum Gasteiger partial charge on any atom is 0.0898 e. The predicted octanol–water partition coefficient (Wildman–Crippen LogP) is 13.3. The van der Waals surface area contributed by atoms with Gasteiger partial charge in [-0.05, 0) is 87.5 Å². The van der Waals surface area contributed by atoms with Crippen LogP contribution in [-0.2, 0) is 5.41 Å². The van der Waals surface area contributed by atoms with E-state index in [1.54, 1.807) is 0 Å². The van der Waals surface area contributed by atoms with Gasteiger partial charge in [0, 0.05) is 50.2 Å². The molecule has 2 aliphatic carbocycles. The van der Waals surface area contributed by atoms with E-state index in [1.165, 1.54) is 93.7 Å². The van der Waals surface area contributed by atoms with E-state index in [9.17, 15) is 0 Å². The lowest BCUT2D eigenvalue weighted by Gasteiger charge is -2.29. The second-order valence-corrected chi connectivity index (χ2v) is 15.4. The molecule has 0 radical (unpaired) electrons. The van der Waals surface area contributed by atoms with E-state index in [2.05, 4.69) is 203 Å². The smallest absolute Gasteiger partial charge is 0.0898 e. The minimum absolute atomic E-state index is 0.496. The number of rotatable bonds is 3. The van der Waals surface area contributed by atoms with Gasteiger partial charge in [-0.25, -0.2) is 0 Å². The molecule has 1 unspecified atom stereocenters. The van der Waals surface area contributed by atoms with Gasteiger partial charge in [-0.1, -0.05) is 146 Å². The molecule has 3 aromatic heterocycles. The fourth-order valence-electron chi connectivity index (χ4n) is 10.5. The van der Waals surface area contributed by atoms with Crippen LogP contribution in [0.4, 0.5) is 0 Å². The molecule has 3 heteroatoms. The molecule has 0 saturated heterocycles. The summed E-state index contributed by atoms with van der Waals surface area (Å²) in [6.45, 7) is 0. The molecule has 3 heterocycles. The lowest BCUT2D eigenvalue weighted by atomic mass is 9.72. The minimum atomic E-state index is -0.496. The van der Waals surface area contributed by atoms with Crippen molar-refractivity contribution in [2.24, 2.45) is 0 Å². The first-order chi connectivity index (χ1) is 28.3. The van der Waals surface area contributed by atoms with Gasteiger partial charge in [-0.3, -0.25) is 4.98 Å². The minimum Gasteiger partial charge on any atom is -0.309 e. The van der Waals surface area contributed by atoms with Crippen LogP contribution in [-0.4, -0.2) is 14.1 Å². The van der Waals surface area contributed by atoms with Crippen molar-refractivity contribution in [3.8, 4) is 44.8 Å². The molecule has 3 nitrogen and oxygen atoms in total. The first-order valence-electron chi connectivity index (χ1n) is 19.7. The SMILES string of the molecule is c1ccc2c(c1)-c1cccnc1C21c2ccccc2-c2c1ccc1c3ccccc3n(-c3ccc(-c4ccc(-n5c6ccccc6c6ccccc65)cc4)cc3)c21. The lowest BCUT2D eigenvalue weighted by Crippen LogP contribution is -2.26. The largest absolute Gasteiger partial charge is 0.309 e. The van der Waals surface area contributed by atoms with Crippen molar-refractivity contribution >= 4 is 43.6 Å². The molecule has 0 fully saturated rings. The molecule has 8 aromatic carbocycles. The fourth-order valence-corrected chi connectivity index (χ4v) is 10.5. The Hall–Kier alpha value is -7.49. The molecule has 1 atom stereocenters. The first-order valence-corrected chi connectivity index (χ1v) is 19.7. The van der Waals surface area contributed by atoms with Crippen molar-refractivity contribution in [3.63, 3.8) is 0 Å². The molecule has 0 bridgehead atoms. The van der Waals surface area contributed by atoms with E-state index < -0.39 is 5.41 Å². The van der Waals surface area contributed by atoms with Crippen LogP contribution in [0.5, 0.6) is 0 Å². The zero-order chi connectivity index (χ0) is 37.2. The van der Waals surface area contributed by atoms with E-state index in [-0.39, 0.29) is 0 Å². The monoisotopic (exact) mass is 723 g/mol. The number of fused-ring (bicyclic) bond motifs is 17. The number of hydrogen-bond acceptors (Lipinski definition) is 1. The summed E-state index contributed by atoms with van der Waals surface area (Å²) in [5, 5.41) is 5.06. The number of hydrogen-bond donors (Lipinski definition) is 0. The first kappa shape index (κ1) is 30.8. The number of nitrogens with zero attached hydrogens (tertiary/aromatic N) is 3. The van der Waals surface area contributed by atoms with Crippen molar-refractivity contribution in [1.82, 2.24) is 14.1 Å². The van der Waals surface area contributed by atoms with Crippen molar-refractivity contribution < 1.29 is 0 Å². The van der Waals surface area contributed by atoms with Gasteiger partial charge in [0.2, 0.25) is 0 Å². The highest BCUT2D eigenvalue weighted by Gasteiger charge is 2.53. The van der Waals surface area contributed by atoms with Crippen LogP contribution >= 0.6 is 0 Å². The van der Waals surface area contributed by atoms with E-state index in [4.69, 9.17) is 4.98 Å². The fraction of sp³-hybridized carbons (Fsp3) is 0.0185. The summed E-state index contributed by atoms with van der Waals surface area (Å²) >= 11 is 0. The Morgan fingerprint density at radius 2 is 0.842 bits per heavy atom. The Morgan fingerprint density at radius 1 is 0.351 bits per heavy atom. The summed E-state index contributed by atoms with van der Waals surface area (Å²) in [6.07, 6.45) is 1.96. The Balaban J connectivity index is 0.990. The molecular weight excluding hydrogens is 691 g/mol. The van der Waals surface area contributed by atoms with E-state index in [1.807, 2.05) is 6.20 Å². The third-order valence-electron chi connectivity index (χ3n) is 12.8. The molecular formula is C54H33N3. The second kappa shape index (κ2) is 11.3. The molecule has 57 heavy (non-hydrogen) atoms. The summed E-state index contributed by atoms with van der Waals surface area (Å²) in [5.41, 5.74) is 19.1. The second-order valence-electron chi connectivity index (χ2n) is 15.4. The Kier molecular flexibility index (Phi) is 6.10. The van der Waals surface area contributed by atoms with Gasteiger partial charge in [-0.15, -0.1) is 0 Å². The van der Waals surface area contributed by atoms with Crippen molar-refractivity contribution in [2.45, 2.75) is 5.41 Å². The molecule has 13 rings (SSSR count). The molecule has 0 N–H and O–H groups in total. The Labute approximate surface area is 329 Å². The van der Waals surface area contributed by atoms with Gasteiger partial charge >= 0.3 is 0 Å². The molecule has 1 spiro atoms. The van der Waals surface area contributed by atoms with Gasteiger partial charge in [0.15, 0.2) is 0 Å². The third-order valence-corrected chi connectivity index (χ3v) is 12.8. The zero-order valence-corrected chi connectivity index (χ0v) is 30.9. The normalized spacial score (nSPS) is 15.1. The zero-order valence-electron chi connectivity index (χ0n) is 30.9. The van der Waals surface area contributed by atoms with Crippen LogP contribution in [0.25, 0.3) is 88.4 Å². The molecule has 264 valence electrons. The van der Waals surface area contributed by atoms with Gasteiger partial charge in [-0.2, -0.15) is 0 Å². The quantitative estimate of drug-likeness (QED) is 0.178. The van der Waals surface area contributed by atoms with Gasteiger partial charge < -0.3 is 9.13 Å². The number of aromatic nitrogens is 3. The molecule has 0 aliphatic heterocycles. The van der Waals surface area contributed by atoms with E-state index in [0.717, 1.165) is 17.1 Å². The topological polar surface area (TPSA) is 22.8 Å². The standard InChI is InChI=1S/C54H33N3/c1-6-18-45-38(12-1)43-17-11-33-55-53(43)54(45)46-19-7-2-16-44(46)51-47(54)32-31-42-41-15-5-10-22-50(41)57(52(42)51)37-29-25-35(26-30-37)34-23-27-36(28-24-34)56-48-20-8-3-13-39(48)40-14-4-9-21-49(40)56/h1-33H. The third kappa shape index (κ3) is 3.92. The molecule has 0 saturated carbocycles. The van der Waals surface area contributed by atoms with Crippen LogP contribution in [0, 0.1) is 0 Å². The molecule has 11 aromatic rings. The van der Waals surface area contributed by atoms with E-state index in [0.29, 0.717) is 0 Å². The maximum atomic E-state index is 5.19. The van der Waals surface area contributed by atoms with Crippen molar-refractivity contribution in [1.29, 1.82) is 0 Å². The lowest BCUT2D eigenvalue weighted by molar-refractivity contribution is 0.761. The van der Waals surface area contributed by atoms with Gasteiger partial charge in [0.05, 0.1) is 33.2 Å². The van der Waals surface area contributed by atoms with Gasteiger partial charge in [0.25, 0.3) is 0 Å². The summed E-state index contributed by atoms with van der Waals surface area (Å²) < 4.78 is 4.87. The molecule has 2 aliphatic rings. The van der Waals surface area contributed by atoms with Gasteiger partial charge in [0.1, 0.15) is 0 Å². The number of pyridine rings is 1. The maximum absolute atomic E-state index is 5.19. The summed E-state index contributed by atoms with van der Waals surface area (Å²) in [4.78, 5) is 5.19. The van der Waals surface area contributed by atoms with Crippen LogP contribution in [0.15, 0.2) is 200 Å². The summed E-state index contributed by atoms with van der Waals surface area (Å²) in [5.74, 6) is 0. The van der Waals surface area contributed by atoms with Crippen molar-refractivity contribution in [3.05, 3.63) is 223 Å². The Morgan fingerprint density at radius 3 is 1.49 bits per heavy atom.